The van der Waals surface area contributed by atoms with Gasteiger partial charge in [0.2, 0.25) is 5.91 Å². The molecular weight excluding hydrogens is 541 g/mol. The Kier molecular flexibility index (Phi) is 8.27. The third-order valence-corrected chi connectivity index (χ3v) is 5.67. The molecule has 10 nitrogen and oxygen atoms in total. The Hall–Kier alpha value is -5.72. The van der Waals surface area contributed by atoms with E-state index in [1.54, 1.807) is 24.7 Å². The molecule has 0 saturated heterocycles. The van der Waals surface area contributed by atoms with Crippen molar-refractivity contribution in [1.82, 2.24) is 15.0 Å². The number of rotatable bonds is 5. The normalized spacial score (nSPS) is 10.8. The molecule has 0 aliphatic carbocycles. The van der Waals surface area contributed by atoms with Crippen molar-refractivity contribution in [3.63, 3.8) is 0 Å². The number of anilines is 2. The van der Waals surface area contributed by atoms with Gasteiger partial charge < -0.3 is 26.5 Å². The third kappa shape index (κ3) is 7.23. The number of carboxylic acid groups (broad SMARTS) is 1. The van der Waals surface area contributed by atoms with Crippen molar-refractivity contribution in [2.75, 3.05) is 10.6 Å². The number of urea groups is 1. The second-order valence-electron chi connectivity index (χ2n) is 8.44. The Labute approximate surface area is 230 Å². The summed E-state index contributed by atoms with van der Waals surface area (Å²) in [5.74, 6) is -3.22. The minimum atomic E-state index is -5.08. The molecule has 41 heavy (non-hydrogen) atoms. The van der Waals surface area contributed by atoms with Crippen LogP contribution >= 0.6 is 0 Å². The van der Waals surface area contributed by atoms with E-state index < -0.39 is 18.1 Å². The zero-order valence-corrected chi connectivity index (χ0v) is 20.9. The highest BCUT2D eigenvalue weighted by molar-refractivity contribution is 6.00. The molecule has 0 atom stereocenters. The number of nitrogens with one attached hydrogen (secondary N) is 3. The van der Waals surface area contributed by atoms with Crippen molar-refractivity contribution in [3.8, 4) is 22.3 Å². The van der Waals surface area contributed by atoms with Crippen molar-refractivity contribution in [1.29, 1.82) is 0 Å². The molecule has 0 unspecified atom stereocenters. The van der Waals surface area contributed by atoms with Crippen LogP contribution in [-0.2, 0) is 4.79 Å². The van der Waals surface area contributed by atoms with Gasteiger partial charge in [0.15, 0.2) is 5.65 Å². The maximum Gasteiger partial charge on any atom is 0.490 e. The molecule has 2 heterocycles. The average molecular weight is 563 g/mol. The minimum absolute atomic E-state index is 0.341. The van der Waals surface area contributed by atoms with Gasteiger partial charge in [-0.05, 0) is 59.2 Å². The summed E-state index contributed by atoms with van der Waals surface area (Å²) in [4.78, 5) is 44.1. The van der Waals surface area contributed by atoms with Crippen LogP contribution < -0.4 is 16.4 Å². The Bertz CT molecular complexity index is 1680. The number of carbonyl (C=O) groups is 3. The topological polar surface area (TPSA) is 163 Å². The number of fused-ring (bicyclic) bond motifs is 1. The molecule has 0 aliphatic rings. The molecule has 0 aliphatic heterocycles. The van der Waals surface area contributed by atoms with Crippen LogP contribution in [0.3, 0.4) is 0 Å². The number of carbonyl (C=O) groups excluding carboxylic acids is 2. The van der Waals surface area contributed by atoms with Crippen LogP contribution in [-0.4, -0.2) is 44.1 Å². The number of pyridine rings is 1. The lowest BCUT2D eigenvalue weighted by molar-refractivity contribution is -0.192. The highest BCUT2D eigenvalue weighted by Crippen LogP contribution is 2.27. The van der Waals surface area contributed by atoms with E-state index in [1.165, 1.54) is 0 Å². The van der Waals surface area contributed by atoms with Gasteiger partial charge in [-0.25, -0.2) is 19.6 Å². The number of aromatic amines is 1. The number of H-pyrrole nitrogens is 1. The number of imidazole rings is 1. The van der Waals surface area contributed by atoms with Crippen LogP contribution in [0.1, 0.15) is 10.4 Å². The number of hydrogen-bond acceptors (Lipinski definition) is 5. The number of halogens is 3. The second kappa shape index (κ2) is 12.0. The maximum absolute atomic E-state index is 12.4. The first-order chi connectivity index (χ1) is 19.5. The summed E-state index contributed by atoms with van der Waals surface area (Å²) in [5, 5.41) is 12.8. The first-order valence-corrected chi connectivity index (χ1v) is 11.8. The van der Waals surface area contributed by atoms with Gasteiger partial charge in [-0.3, -0.25) is 4.79 Å². The van der Waals surface area contributed by atoms with Crippen molar-refractivity contribution < 1.29 is 32.7 Å². The Morgan fingerprint density at radius 2 is 1.24 bits per heavy atom. The van der Waals surface area contributed by atoms with Gasteiger partial charge in [-0.1, -0.05) is 36.4 Å². The van der Waals surface area contributed by atoms with Gasteiger partial charge >= 0.3 is 18.2 Å². The summed E-state index contributed by atoms with van der Waals surface area (Å²) in [6, 6.07) is 23.6. The number of primary amides is 1. The number of nitrogens with zero attached hydrogens (tertiary/aromatic N) is 2. The number of amides is 3. The van der Waals surface area contributed by atoms with Crippen LogP contribution in [0.25, 0.3) is 33.4 Å². The van der Waals surface area contributed by atoms with Crippen LogP contribution in [0.5, 0.6) is 0 Å². The number of benzene rings is 3. The van der Waals surface area contributed by atoms with E-state index in [0.717, 1.165) is 27.8 Å². The van der Waals surface area contributed by atoms with Gasteiger partial charge in [0.1, 0.15) is 0 Å². The van der Waals surface area contributed by atoms with Gasteiger partial charge in [0.25, 0.3) is 0 Å². The molecule has 5 rings (SSSR count). The molecule has 208 valence electrons. The number of aliphatic carboxylic acids is 1. The van der Waals surface area contributed by atoms with Crippen LogP contribution in [0.4, 0.5) is 29.3 Å². The zero-order chi connectivity index (χ0) is 29.6. The molecule has 0 spiro atoms. The van der Waals surface area contributed by atoms with Gasteiger partial charge in [-0.2, -0.15) is 13.2 Å². The maximum atomic E-state index is 12.4. The zero-order valence-electron chi connectivity index (χ0n) is 20.9. The van der Waals surface area contributed by atoms with Crippen LogP contribution in [0.2, 0.25) is 0 Å². The molecule has 0 radical (unpaired) electrons. The van der Waals surface area contributed by atoms with Crippen LogP contribution in [0.15, 0.2) is 91.4 Å². The summed E-state index contributed by atoms with van der Waals surface area (Å²) < 4.78 is 31.7. The monoisotopic (exact) mass is 562 g/mol. The summed E-state index contributed by atoms with van der Waals surface area (Å²) in [7, 11) is 0. The molecule has 3 amide bonds. The number of nitrogens with two attached hydrogens (primary N) is 1. The lowest BCUT2D eigenvalue weighted by Crippen LogP contribution is -2.21. The Morgan fingerprint density at radius 1 is 0.756 bits per heavy atom. The number of alkyl halides is 3. The van der Waals surface area contributed by atoms with E-state index in [1.807, 2.05) is 66.7 Å². The fourth-order valence-electron chi connectivity index (χ4n) is 3.69. The van der Waals surface area contributed by atoms with E-state index in [-0.39, 0.29) is 6.03 Å². The first-order valence-electron chi connectivity index (χ1n) is 11.8. The first kappa shape index (κ1) is 28.3. The lowest BCUT2D eigenvalue weighted by atomic mass is 10.0. The van der Waals surface area contributed by atoms with Crippen molar-refractivity contribution in [2.24, 2.45) is 5.73 Å². The van der Waals surface area contributed by atoms with Crippen molar-refractivity contribution in [3.05, 3.63) is 97.0 Å². The largest absolute Gasteiger partial charge is 0.490 e. The predicted octanol–water partition coefficient (Wildman–Crippen LogP) is 5.67. The molecule has 0 fully saturated rings. The van der Waals surface area contributed by atoms with E-state index in [2.05, 4.69) is 25.6 Å². The van der Waals surface area contributed by atoms with E-state index in [9.17, 15) is 22.8 Å². The fraction of sp³-hybridized carbons (Fsp3) is 0.0357. The molecule has 0 bridgehead atoms. The van der Waals surface area contributed by atoms with E-state index in [4.69, 9.17) is 15.6 Å². The van der Waals surface area contributed by atoms with Crippen molar-refractivity contribution >= 4 is 40.4 Å². The molecule has 5 aromatic rings. The molecule has 2 aromatic heterocycles. The van der Waals surface area contributed by atoms with Crippen LogP contribution in [0, 0.1) is 0 Å². The summed E-state index contributed by atoms with van der Waals surface area (Å²) in [6.45, 7) is 0. The van der Waals surface area contributed by atoms with Gasteiger partial charge in [0, 0.05) is 28.7 Å². The summed E-state index contributed by atoms with van der Waals surface area (Å²) in [6.07, 6.45) is -1.74. The molecule has 3 aromatic carbocycles. The lowest BCUT2D eigenvalue weighted by Gasteiger charge is -2.10. The molecule has 6 N–H and O–H groups in total. The highest BCUT2D eigenvalue weighted by atomic mass is 19.4. The smallest absolute Gasteiger partial charge is 0.475 e. The number of aromatic nitrogens is 3. The Morgan fingerprint density at radius 3 is 1.73 bits per heavy atom. The highest BCUT2D eigenvalue weighted by Gasteiger charge is 2.38. The Balaban J connectivity index is 0.000000493. The SMILES string of the molecule is NC(=O)c1ccc(-c2ccc(NC(=O)Nc3ccc(-c4ccnc5nc[nH]c45)cc3)cc2)cc1.O=C(O)C(F)(F)F. The quantitative estimate of drug-likeness (QED) is 0.185. The standard InChI is InChI=1S/C26H20N6O2.C2HF3O2/c27-24(33)19-3-1-16(2-4-19)17-5-9-20(10-6-17)31-26(34)32-21-11-7-18(8-12-21)22-13-14-28-25-23(22)29-15-30-25;3-2(4,5)1(6)7/h1-15H,(H2,27,33)(H,28,29,30)(H2,31,32,34);(H,6,7). The molecular formula is C28H21F3N6O4. The number of carboxylic acids is 1. The predicted molar refractivity (Wildman–Crippen MR) is 146 cm³/mol. The molecule has 0 saturated carbocycles. The number of hydrogen-bond donors (Lipinski definition) is 5. The van der Waals surface area contributed by atoms with E-state index in [0.29, 0.717) is 22.6 Å². The van der Waals surface area contributed by atoms with E-state index >= 15 is 0 Å². The summed E-state index contributed by atoms with van der Waals surface area (Å²) >= 11 is 0. The second-order valence-corrected chi connectivity index (χ2v) is 8.44. The summed E-state index contributed by atoms with van der Waals surface area (Å²) in [5.41, 5.74) is 12.5. The van der Waals surface area contributed by atoms with Gasteiger partial charge in [-0.15, -0.1) is 0 Å². The average Bonchev–Trinajstić information content (AvgIpc) is 3.43. The molecule has 13 heteroatoms. The van der Waals surface area contributed by atoms with Gasteiger partial charge in [0.05, 0.1) is 11.8 Å². The van der Waals surface area contributed by atoms with Crippen molar-refractivity contribution in [2.45, 2.75) is 6.18 Å². The fourth-order valence-corrected chi connectivity index (χ4v) is 3.69. The third-order valence-electron chi connectivity index (χ3n) is 5.67. The minimum Gasteiger partial charge on any atom is -0.475 e.